The lowest BCUT2D eigenvalue weighted by Crippen LogP contribution is -2.24. The normalized spacial score (nSPS) is 15.9. The maximum atomic E-state index is 12.9. The minimum absolute atomic E-state index is 0.0551. The molecule has 0 spiro atoms. The number of ether oxygens (including phenoxy) is 1. The number of rotatable bonds is 7. The number of aromatic nitrogens is 2. The van der Waals surface area contributed by atoms with Crippen LogP contribution in [0.2, 0.25) is 0 Å². The van der Waals surface area contributed by atoms with Gasteiger partial charge in [-0.25, -0.2) is 4.98 Å². The fraction of sp³-hybridized carbons (Fsp3) is 0.286. The minimum atomic E-state index is 0.0551. The molecule has 6 heteroatoms. The first-order chi connectivity index (χ1) is 16.5. The summed E-state index contributed by atoms with van der Waals surface area (Å²) >= 11 is 3.52. The highest BCUT2D eigenvalue weighted by molar-refractivity contribution is 9.10. The Labute approximate surface area is 208 Å². The van der Waals surface area contributed by atoms with Crippen LogP contribution in [-0.4, -0.2) is 28.6 Å². The number of para-hydroxylation sites is 2. The van der Waals surface area contributed by atoms with Crippen LogP contribution < -0.4 is 9.64 Å². The number of benzene rings is 3. The van der Waals surface area contributed by atoms with Gasteiger partial charge in [-0.1, -0.05) is 40.2 Å². The van der Waals surface area contributed by atoms with Crippen molar-refractivity contribution in [2.24, 2.45) is 0 Å². The largest absolute Gasteiger partial charge is 0.494 e. The van der Waals surface area contributed by atoms with Crippen LogP contribution in [-0.2, 0) is 11.3 Å². The molecule has 1 amide bonds. The number of hydrogen-bond donors (Lipinski definition) is 0. The first-order valence-electron chi connectivity index (χ1n) is 11.7. The maximum absolute atomic E-state index is 12.9. The molecule has 3 aromatic carbocycles. The van der Waals surface area contributed by atoms with E-state index in [1.807, 2.05) is 53.4 Å². The Morgan fingerprint density at radius 1 is 1.03 bits per heavy atom. The van der Waals surface area contributed by atoms with E-state index in [2.05, 4.69) is 52.5 Å². The molecule has 1 fully saturated rings. The van der Waals surface area contributed by atoms with E-state index < -0.39 is 0 Å². The van der Waals surface area contributed by atoms with Crippen molar-refractivity contribution in [2.45, 2.75) is 39.2 Å². The van der Waals surface area contributed by atoms with E-state index in [9.17, 15) is 4.79 Å². The van der Waals surface area contributed by atoms with E-state index in [-0.39, 0.29) is 11.8 Å². The number of nitrogens with zero attached hydrogens (tertiary/aromatic N) is 3. The summed E-state index contributed by atoms with van der Waals surface area (Å²) in [4.78, 5) is 19.8. The zero-order chi connectivity index (χ0) is 23.7. The van der Waals surface area contributed by atoms with E-state index in [4.69, 9.17) is 9.72 Å². The molecule has 1 aliphatic rings. The molecular formula is C28H28BrN3O2. The fourth-order valence-electron chi connectivity index (χ4n) is 4.63. The summed E-state index contributed by atoms with van der Waals surface area (Å²) in [6.45, 7) is 6.27. The second kappa shape index (κ2) is 9.63. The monoisotopic (exact) mass is 517 g/mol. The molecule has 174 valence electrons. The van der Waals surface area contributed by atoms with Gasteiger partial charge in [0.1, 0.15) is 11.6 Å². The van der Waals surface area contributed by atoms with Crippen LogP contribution in [0.25, 0.3) is 11.0 Å². The molecule has 1 saturated heterocycles. The third kappa shape index (κ3) is 4.60. The SMILES string of the molecule is Cc1ccc(OCCCn2c(C3CC(=O)N(c4cccc(Br)c4)C3)nc3ccccc32)cc1C. The van der Waals surface area contributed by atoms with Gasteiger partial charge in [-0.2, -0.15) is 0 Å². The lowest BCUT2D eigenvalue weighted by atomic mass is 10.1. The number of carbonyl (C=O) groups excluding carboxylic acids is 1. The average Bonchev–Trinajstić information content (AvgIpc) is 3.39. The third-order valence-corrected chi connectivity index (χ3v) is 7.06. The molecule has 34 heavy (non-hydrogen) atoms. The minimum Gasteiger partial charge on any atom is -0.494 e. The summed E-state index contributed by atoms with van der Waals surface area (Å²) in [5, 5.41) is 0. The second-order valence-electron chi connectivity index (χ2n) is 8.94. The molecule has 0 N–H and O–H groups in total. The molecule has 0 aliphatic carbocycles. The van der Waals surface area contributed by atoms with Crippen LogP contribution in [0.4, 0.5) is 5.69 Å². The predicted octanol–water partition coefficient (Wildman–Crippen LogP) is 6.41. The van der Waals surface area contributed by atoms with Crippen LogP contribution in [0.3, 0.4) is 0 Å². The molecule has 2 heterocycles. The van der Waals surface area contributed by atoms with Gasteiger partial charge in [-0.05, 0) is 73.9 Å². The molecule has 1 aromatic heterocycles. The highest BCUT2D eigenvalue weighted by Crippen LogP contribution is 2.34. The smallest absolute Gasteiger partial charge is 0.227 e. The number of imidazole rings is 1. The molecular weight excluding hydrogens is 490 g/mol. The number of fused-ring (bicyclic) bond motifs is 1. The first kappa shape index (κ1) is 22.7. The predicted molar refractivity (Wildman–Crippen MR) is 140 cm³/mol. The van der Waals surface area contributed by atoms with Crippen molar-refractivity contribution in [2.75, 3.05) is 18.1 Å². The summed E-state index contributed by atoms with van der Waals surface area (Å²) in [5.74, 6) is 2.09. The highest BCUT2D eigenvalue weighted by Gasteiger charge is 2.34. The van der Waals surface area contributed by atoms with E-state index in [1.54, 1.807) is 0 Å². The molecule has 0 radical (unpaired) electrons. The average molecular weight is 518 g/mol. The van der Waals surface area contributed by atoms with Crippen molar-refractivity contribution in [1.82, 2.24) is 9.55 Å². The topological polar surface area (TPSA) is 47.4 Å². The Kier molecular flexibility index (Phi) is 6.42. The number of carbonyl (C=O) groups is 1. The molecule has 5 rings (SSSR count). The van der Waals surface area contributed by atoms with Crippen LogP contribution in [0.5, 0.6) is 5.75 Å². The van der Waals surface area contributed by atoms with Gasteiger partial charge in [0.2, 0.25) is 5.91 Å². The van der Waals surface area contributed by atoms with Crippen LogP contribution in [0.15, 0.2) is 71.2 Å². The molecule has 1 atom stereocenters. The van der Waals surface area contributed by atoms with E-state index in [0.29, 0.717) is 19.6 Å². The molecule has 0 saturated carbocycles. The van der Waals surface area contributed by atoms with Crippen LogP contribution in [0.1, 0.15) is 35.7 Å². The number of aryl methyl sites for hydroxylation is 3. The Hall–Kier alpha value is -3.12. The lowest BCUT2D eigenvalue weighted by molar-refractivity contribution is -0.117. The van der Waals surface area contributed by atoms with Crippen LogP contribution in [0, 0.1) is 13.8 Å². The maximum Gasteiger partial charge on any atom is 0.227 e. The van der Waals surface area contributed by atoms with Crippen molar-refractivity contribution in [1.29, 1.82) is 0 Å². The molecule has 0 bridgehead atoms. The lowest BCUT2D eigenvalue weighted by Gasteiger charge is -2.18. The van der Waals surface area contributed by atoms with Crippen molar-refractivity contribution in [3.8, 4) is 5.75 Å². The summed E-state index contributed by atoms with van der Waals surface area (Å²) in [6, 6.07) is 22.3. The molecule has 1 unspecified atom stereocenters. The quantitative estimate of drug-likeness (QED) is 0.266. The Balaban J connectivity index is 1.34. The van der Waals surface area contributed by atoms with E-state index >= 15 is 0 Å². The van der Waals surface area contributed by atoms with Gasteiger partial charge >= 0.3 is 0 Å². The van der Waals surface area contributed by atoms with Gasteiger partial charge < -0.3 is 14.2 Å². The summed E-state index contributed by atoms with van der Waals surface area (Å²) in [5.41, 5.74) is 5.51. The summed E-state index contributed by atoms with van der Waals surface area (Å²) in [7, 11) is 0. The van der Waals surface area contributed by atoms with Crippen molar-refractivity contribution in [3.05, 3.63) is 88.2 Å². The molecule has 5 nitrogen and oxygen atoms in total. The van der Waals surface area contributed by atoms with Gasteiger partial charge in [0.25, 0.3) is 0 Å². The third-order valence-electron chi connectivity index (χ3n) is 6.57. The second-order valence-corrected chi connectivity index (χ2v) is 9.86. The Bertz CT molecular complexity index is 1350. The Morgan fingerprint density at radius 2 is 1.88 bits per heavy atom. The van der Waals surface area contributed by atoms with Gasteiger partial charge in [0.15, 0.2) is 0 Å². The van der Waals surface area contributed by atoms with Crippen molar-refractivity contribution in [3.63, 3.8) is 0 Å². The van der Waals surface area contributed by atoms with Crippen LogP contribution >= 0.6 is 15.9 Å². The Morgan fingerprint density at radius 3 is 2.71 bits per heavy atom. The number of hydrogen-bond acceptors (Lipinski definition) is 3. The highest BCUT2D eigenvalue weighted by atomic mass is 79.9. The van der Waals surface area contributed by atoms with Gasteiger partial charge in [0.05, 0.1) is 17.6 Å². The number of halogens is 1. The number of anilines is 1. The fourth-order valence-corrected chi connectivity index (χ4v) is 5.02. The van der Waals surface area contributed by atoms with Crippen molar-refractivity contribution < 1.29 is 9.53 Å². The van der Waals surface area contributed by atoms with Gasteiger partial charge in [-0.3, -0.25) is 4.79 Å². The zero-order valence-corrected chi connectivity index (χ0v) is 21.1. The standard InChI is InChI=1S/C28H28BrN3O2/c1-19-11-12-24(15-20(19)2)34-14-6-13-31-26-10-4-3-9-25(26)30-28(31)21-16-27(33)32(18-21)23-8-5-7-22(29)17-23/h3-5,7-12,15,17,21H,6,13-14,16,18H2,1-2H3. The number of amides is 1. The van der Waals surface area contributed by atoms with Crippen molar-refractivity contribution >= 4 is 38.6 Å². The summed E-state index contributed by atoms with van der Waals surface area (Å²) < 4.78 is 9.27. The van der Waals surface area contributed by atoms with E-state index in [0.717, 1.165) is 45.7 Å². The summed E-state index contributed by atoms with van der Waals surface area (Å²) in [6.07, 6.45) is 1.32. The van der Waals surface area contributed by atoms with Gasteiger partial charge in [0, 0.05) is 35.6 Å². The molecule has 4 aromatic rings. The van der Waals surface area contributed by atoms with E-state index in [1.165, 1.54) is 11.1 Å². The zero-order valence-electron chi connectivity index (χ0n) is 19.5. The first-order valence-corrected chi connectivity index (χ1v) is 12.5. The molecule has 1 aliphatic heterocycles. The van der Waals surface area contributed by atoms with Gasteiger partial charge in [-0.15, -0.1) is 0 Å².